The van der Waals surface area contributed by atoms with E-state index in [0.717, 1.165) is 0 Å². The van der Waals surface area contributed by atoms with Crippen LogP contribution in [0.2, 0.25) is 0 Å². The summed E-state index contributed by atoms with van der Waals surface area (Å²) in [6.07, 6.45) is 0.480. The predicted molar refractivity (Wildman–Crippen MR) is 53.0 cm³/mol. The van der Waals surface area contributed by atoms with Gasteiger partial charge in [-0.1, -0.05) is 0 Å². The summed E-state index contributed by atoms with van der Waals surface area (Å²) in [4.78, 5) is 5.81. The molecule has 0 aromatic carbocycles. The third-order valence-electron chi connectivity index (χ3n) is 3.00. The number of nitrogens with zero attached hydrogens (tertiary/aromatic N) is 2. The van der Waals surface area contributed by atoms with Gasteiger partial charge in [-0.15, -0.1) is 0 Å². The number of nitrogens with two attached hydrogens (primary N) is 1. The molecule has 16 heavy (non-hydrogen) atoms. The highest BCUT2D eigenvalue weighted by atomic mass is 16.6. The third-order valence-corrected chi connectivity index (χ3v) is 3.00. The minimum atomic E-state index is -0.842. The molecule has 2 saturated heterocycles. The zero-order valence-electron chi connectivity index (χ0n) is 8.43. The molecule has 2 unspecified atom stereocenters. The Morgan fingerprint density at radius 1 is 1.50 bits per heavy atom. The smallest absolute Gasteiger partial charge is 0.232 e. The molecular formula is C9H13N3O4. The Kier molecular flexibility index (Phi) is 2.15. The average Bonchev–Trinajstić information content (AvgIpc) is 2.75. The monoisotopic (exact) mass is 227 g/mol. The Balaban J connectivity index is 1.83. The number of hydrogen-bond donors (Lipinski definition) is 3. The van der Waals surface area contributed by atoms with E-state index in [4.69, 9.17) is 20.3 Å². The lowest BCUT2D eigenvalue weighted by Gasteiger charge is -2.26. The lowest BCUT2D eigenvalue weighted by atomic mass is 10.1. The molecule has 0 aromatic heterocycles. The van der Waals surface area contributed by atoms with Crippen LogP contribution in [0.4, 0.5) is 0 Å². The van der Waals surface area contributed by atoms with Crippen molar-refractivity contribution in [2.24, 2.45) is 10.7 Å². The van der Waals surface area contributed by atoms with Crippen molar-refractivity contribution in [3.63, 3.8) is 0 Å². The van der Waals surface area contributed by atoms with Crippen LogP contribution in [0.3, 0.4) is 0 Å². The van der Waals surface area contributed by atoms with Crippen molar-refractivity contribution in [2.45, 2.75) is 30.9 Å². The highest BCUT2D eigenvalue weighted by Gasteiger charge is 2.54. The molecule has 0 saturated carbocycles. The Morgan fingerprint density at radius 3 is 3.06 bits per heavy atom. The second kappa shape index (κ2) is 3.42. The molecule has 7 heteroatoms. The zero-order valence-corrected chi connectivity index (χ0v) is 8.43. The quantitative estimate of drug-likeness (QED) is 0.476. The van der Waals surface area contributed by atoms with Crippen LogP contribution in [-0.4, -0.2) is 58.4 Å². The summed E-state index contributed by atoms with van der Waals surface area (Å²) < 4.78 is 11.0. The molecular weight excluding hydrogens is 214 g/mol. The van der Waals surface area contributed by atoms with Gasteiger partial charge in [0.15, 0.2) is 6.23 Å². The summed E-state index contributed by atoms with van der Waals surface area (Å²) in [5.74, 6) is 0.384. The molecule has 88 valence electrons. The van der Waals surface area contributed by atoms with Gasteiger partial charge in [0.25, 0.3) is 0 Å². The zero-order chi connectivity index (χ0) is 11.3. The fraction of sp³-hybridized carbons (Fsp3) is 0.667. The molecule has 0 aliphatic carbocycles. The molecule has 0 bridgehead atoms. The normalized spacial score (nSPS) is 45.5. The van der Waals surface area contributed by atoms with E-state index in [0.29, 0.717) is 5.84 Å². The summed E-state index contributed by atoms with van der Waals surface area (Å²) in [5, 5.41) is 18.8. The fourth-order valence-corrected chi connectivity index (χ4v) is 2.18. The van der Waals surface area contributed by atoms with Crippen LogP contribution in [0.5, 0.6) is 0 Å². The first-order valence-corrected chi connectivity index (χ1v) is 5.09. The molecule has 0 spiro atoms. The number of fused-ring (bicyclic) bond motifs is 3. The van der Waals surface area contributed by atoms with Gasteiger partial charge in [-0.05, 0) is 6.08 Å². The van der Waals surface area contributed by atoms with Crippen LogP contribution in [-0.2, 0) is 9.47 Å². The first-order valence-electron chi connectivity index (χ1n) is 5.09. The summed E-state index contributed by atoms with van der Waals surface area (Å²) in [6.45, 7) is -0.231. The lowest BCUT2D eigenvalue weighted by Crippen LogP contribution is -2.37. The summed E-state index contributed by atoms with van der Waals surface area (Å²) >= 11 is 0. The van der Waals surface area contributed by atoms with Crippen molar-refractivity contribution in [1.82, 2.24) is 4.90 Å². The molecule has 3 heterocycles. The Morgan fingerprint density at radius 2 is 2.31 bits per heavy atom. The molecule has 3 rings (SSSR count). The number of amidine groups is 1. The maximum Gasteiger partial charge on any atom is 0.232 e. The number of rotatable bonds is 1. The van der Waals surface area contributed by atoms with E-state index < -0.39 is 30.9 Å². The van der Waals surface area contributed by atoms with Crippen molar-refractivity contribution in [3.05, 3.63) is 12.3 Å². The molecule has 2 fully saturated rings. The van der Waals surface area contributed by atoms with Crippen molar-refractivity contribution >= 4 is 5.84 Å². The van der Waals surface area contributed by atoms with Gasteiger partial charge in [0.05, 0.1) is 6.61 Å². The van der Waals surface area contributed by atoms with Crippen molar-refractivity contribution in [1.29, 1.82) is 0 Å². The molecule has 0 aromatic rings. The first-order chi connectivity index (χ1) is 7.70. The van der Waals surface area contributed by atoms with E-state index in [9.17, 15) is 5.11 Å². The average molecular weight is 227 g/mol. The number of aliphatic hydroxyl groups excluding tert-OH is 2. The molecule has 3 aliphatic heterocycles. The number of aliphatic imine (C=N–C) groups is 1. The molecule has 5 atom stereocenters. The van der Waals surface area contributed by atoms with Crippen LogP contribution in [0.1, 0.15) is 0 Å². The van der Waals surface area contributed by atoms with Crippen LogP contribution in [0.25, 0.3) is 0 Å². The van der Waals surface area contributed by atoms with Gasteiger partial charge >= 0.3 is 0 Å². The number of hydrogen-bond acceptors (Lipinski definition) is 7. The van der Waals surface area contributed by atoms with E-state index >= 15 is 0 Å². The van der Waals surface area contributed by atoms with Crippen LogP contribution in [0, 0.1) is 0 Å². The lowest BCUT2D eigenvalue weighted by molar-refractivity contribution is -0.0910. The molecule has 0 amide bonds. The Bertz CT molecular complexity index is 359. The number of aliphatic hydroxyl groups is 2. The predicted octanol–water partition coefficient (Wildman–Crippen LogP) is -2.07. The summed E-state index contributed by atoms with van der Waals surface area (Å²) in [5.41, 5.74) is 5.54. The highest BCUT2D eigenvalue weighted by molar-refractivity contribution is 5.91. The van der Waals surface area contributed by atoms with E-state index in [1.807, 2.05) is 0 Å². The van der Waals surface area contributed by atoms with Crippen molar-refractivity contribution in [3.8, 4) is 0 Å². The molecule has 0 radical (unpaired) electrons. The number of ether oxygens (including phenoxy) is 2. The van der Waals surface area contributed by atoms with E-state index in [1.54, 1.807) is 17.2 Å². The standard InChI is InChI=1S/C9H13N3O4/c10-5-1-2-12-8-7(16-9(12)11-5)6(14)4(3-13)15-8/h1-2,4,6-9,13-14H,3H2,(H2,10,11)/t4-,6-,7+,8?,9?/m1/s1. The van der Waals surface area contributed by atoms with Crippen molar-refractivity contribution < 1.29 is 19.7 Å². The largest absolute Gasteiger partial charge is 0.394 e. The van der Waals surface area contributed by atoms with E-state index in [2.05, 4.69) is 4.99 Å². The Labute approximate surface area is 91.8 Å². The van der Waals surface area contributed by atoms with Gasteiger partial charge in [-0.2, -0.15) is 0 Å². The second-order valence-corrected chi connectivity index (χ2v) is 3.98. The SMILES string of the molecule is NC1=NC2O[C@@H]3C(O[C@H](CO)[C@H]3O)N2C=C1. The van der Waals surface area contributed by atoms with Gasteiger partial charge in [-0.25, -0.2) is 4.99 Å². The van der Waals surface area contributed by atoms with Crippen LogP contribution >= 0.6 is 0 Å². The summed E-state index contributed by atoms with van der Waals surface area (Å²) in [7, 11) is 0. The van der Waals surface area contributed by atoms with Gasteiger partial charge < -0.3 is 30.3 Å². The van der Waals surface area contributed by atoms with Gasteiger partial charge in [0.1, 0.15) is 24.1 Å². The maximum atomic E-state index is 9.83. The van der Waals surface area contributed by atoms with E-state index in [-0.39, 0.29) is 6.61 Å². The minimum absolute atomic E-state index is 0.231. The van der Waals surface area contributed by atoms with E-state index in [1.165, 1.54) is 0 Å². The third kappa shape index (κ3) is 1.26. The van der Waals surface area contributed by atoms with Crippen LogP contribution < -0.4 is 5.73 Å². The highest BCUT2D eigenvalue weighted by Crippen LogP contribution is 2.36. The topological polar surface area (TPSA) is 101 Å². The first kappa shape index (κ1) is 10.0. The fourth-order valence-electron chi connectivity index (χ4n) is 2.18. The molecule has 3 aliphatic rings. The summed E-state index contributed by atoms with van der Waals surface area (Å²) in [6, 6.07) is 0. The maximum absolute atomic E-state index is 9.83. The Hall–Kier alpha value is -1.15. The molecule has 7 nitrogen and oxygen atoms in total. The van der Waals surface area contributed by atoms with Gasteiger partial charge in [0.2, 0.25) is 6.35 Å². The minimum Gasteiger partial charge on any atom is -0.394 e. The van der Waals surface area contributed by atoms with Gasteiger partial charge in [0, 0.05) is 6.20 Å². The second-order valence-electron chi connectivity index (χ2n) is 3.98. The van der Waals surface area contributed by atoms with Gasteiger partial charge in [-0.3, -0.25) is 0 Å². The van der Waals surface area contributed by atoms with Crippen molar-refractivity contribution in [2.75, 3.05) is 6.61 Å². The molecule has 4 N–H and O–H groups in total. The van der Waals surface area contributed by atoms with Crippen LogP contribution in [0.15, 0.2) is 17.3 Å².